The summed E-state index contributed by atoms with van der Waals surface area (Å²) in [6.45, 7) is 1.63. The molecule has 9 heteroatoms. The van der Waals surface area contributed by atoms with Gasteiger partial charge in [0.2, 0.25) is 0 Å². The fourth-order valence-electron chi connectivity index (χ4n) is 3.13. The molecule has 0 spiro atoms. The summed E-state index contributed by atoms with van der Waals surface area (Å²) in [5, 5.41) is 10.0. The van der Waals surface area contributed by atoms with Crippen LogP contribution in [0.15, 0.2) is 42.6 Å². The first-order valence-electron chi connectivity index (χ1n) is 8.38. The van der Waals surface area contributed by atoms with E-state index in [1.54, 1.807) is 35.4 Å². The molecular weight excluding hydrogens is 384 g/mol. The molecule has 1 aromatic carbocycles. The zero-order valence-electron chi connectivity index (χ0n) is 14.0. The Balaban J connectivity index is 1.43. The molecule has 7 nitrogen and oxygen atoms in total. The van der Waals surface area contributed by atoms with E-state index >= 15 is 0 Å². The van der Waals surface area contributed by atoms with Gasteiger partial charge in [0.1, 0.15) is 10.3 Å². The van der Waals surface area contributed by atoms with E-state index in [-0.39, 0.29) is 5.91 Å². The van der Waals surface area contributed by atoms with Gasteiger partial charge in [-0.05, 0) is 36.4 Å². The number of fused-ring (bicyclic) bond motifs is 2. The van der Waals surface area contributed by atoms with Gasteiger partial charge in [-0.15, -0.1) is 10.2 Å². The Bertz CT molecular complexity index is 1120. The van der Waals surface area contributed by atoms with Gasteiger partial charge in [0.25, 0.3) is 5.91 Å². The number of carbonyl (C=O) groups is 1. The number of rotatable bonds is 2. The highest BCUT2D eigenvalue weighted by Gasteiger charge is 2.26. The van der Waals surface area contributed by atoms with Crippen molar-refractivity contribution in [2.24, 2.45) is 0 Å². The molecule has 0 radical (unpaired) electrons. The van der Waals surface area contributed by atoms with Crippen molar-refractivity contribution in [3.8, 4) is 10.8 Å². The van der Waals surface area contributed by atoms with Gasteiger partial charge >= 0.3 is 0 Å². The van der Waals surface area contributed by atoms with Crippen molar-refractivity contribution in [2.75, 3.05) is 6.54 Å². The molecular formula is C18H13ClN6OS. The van der Waals surface area contributed by atoms with Crippen LogP contribution in [0.4, 0.5) is 0 Å². The van der Waals surface area contributed by atoms with Gasteiger partial charge in [0, 0.05) is 29.9 Å². The van der Waals surface area contributed by atoms with Crippen molar-refractivity contribution in [2.45, 2.75) is 13.1 Å². The Hall–Kier alpha value is -2.84. The quantitative estimate of drug-likeness (QED) is 0.519. The number of carbonyl (C=O) groups excluding carboxylic acids is 1. The zero-order valence-corrected chi connectivity index (χ0v) is 15.6. The average molecular weight is 397 g/mol. The maximum atomic E-state index is 12.7. The molecule has 0 aliphatic carbocycles. The molecule has 0 saturated carbocycles. The lowest BCUT2D eigenvalue weighted by atomic mass is 10.2. The third-order valence-corrected chi connectivity index (χ3v) is 5.72. The predicted octanol–water partition coefficient (Wildman–Crippen LogP) is 3.26. The summed E-state index contributed by atoms with van der Waals surface area (Å²) in [7, 11) is 0. The van der Waals surface area contributed by atoms with E-state index in [1.165, 1.54) is 11.3 Å². The number of benzene rings is 1. The summed E-state index contributed by atoms with van der Waals surface area (Å²) in [5.41, 5.74) is 1.47. The van der Waals surface area contributed by atoms with Crippen LogP contribution in [0, 0.1) is 0 Å². The van der Waals surface area contributed by atoms with Crippen LogP contribution in [0.25, 0.3) is 21.2 Å². The second kappa shape index (κ2) is 6.40. The lowest BCUT2D eigenvalue weighted by Crippen LogP contribution is -2.38. The van der Waals surface area contributed by atoms with Crippen molar-refractivity contribution < 1.29 is 4.79 Å². The summed E-state index contributed by atoms with van der Waals surface area (Å²) in [5.74, 6) is 1.45. The lowest BCUT2D eigenvalue weighted by molar-refractivity contribution is 0.0708. The third-order valence-electron chi connectivity index (χ3n) is 4.49. The van der Waals surface area contributed by atoms with Gasteiger partial charge in [-0.2, -0.15) is 0 Å². The largest absolute Gasteiger partial charge is 0.329 e. The molecule has 27 heavy (non-hydrogen) atoms. The molecule has 0 saturated heterocycles. The van der Waals surface area contributed by atoms with Crippen LogP contribution in [0.2, 0.25) is 5.02 Å². The highest BCUT2D eigenvalue weighted by molar-refractivity contribution is 7.21. The minimum absolute atomic E-state index is 0.0355. The molecule has 1 aliphatic heterocycles. The Morgan fingerprint density at radius 3 is 2.78 bits per heavy atom. The van der Waals surface area contributed by atoms with E-state index in [0.717, 1.165) is 27.0 Å². The molecule has 5 rings (SSSR count). The van der Waals surface area contributed by atoms with Crippen molar-refractivity contribution in [3.63, 3.8) is 0 Å². The Labute approximate surface area is 163 Å². The highest BCUT2D eigenvalue weighted by Crippen LogP contribution is 2.29. The summed E-state index contributed by atoms with van der Waals surface area (Å²) < 4.78 is 2.03. The minimum Gasteiger partial charge on any atom is -0.329 e. The fourth-order valence-corrected chi connectivity index (χ4v) is 4.16. The Morgan fingerprint density at radius 1 is 1.11 bits per heavy atom. The summed E-state index contributed by atoms with van der Waals surface area (Å²) >= 11 is 7.40. The van der Waals surface area contributed by atoms with E-state index in [2.05, 4.69) is 20.2 Å². The molecule has 0 N–H and O–H groups in total. The molecule has 3 aromatic heterocycles. The highest BCUT2D eigenvalue weighted by atomic mass is 35.5. The van der Waals surface area contributed by atoms with Crippen LogP contribution in [-0.2, 0) is 13.1 Å². The number of nitrogens with zero attached hydrogens (tertiary/aromatic N) is 6. The van der Waals surface area contributed by atoms with Crippen molar-refractivity contribution in [3.05, 3.63) is 59.0 Å². The molecule has 0 unspecified atom stereocenters. The molecule has 1 amide bonds. The van der Waals surface area contributed by atoms with Crippen LogP contribution in [-0.4, -0.2) is 42.1 Å². The van der Waals surface area contributed by atoms with Gasteiger partial charge in [0.05, 0.1) is 6.54 Å². The number of hydrogen-bond donors (Lipinski definition) is 0. The molecule has 4 aromatic rings. The van der Waals surface area contributed by atoms with Gasteiger partial charge in [-0.25, -0.2) is 9.97 Å². The molecule has 4 heterocycles. The summed E-state index contributed by atoms with van der Waals surface area (Å²) in [6, 6.07) is 10.7. The van der Waals surface area contributed by atoms with E-state index < -0.39 is 0 Å². The average Bonchev–Trinajstić information content (AvgIpc) is 3.31. The minimum atomic E-state index is -0.0355. The van der Waals surface area contributed by atoms with Crippen LogP contribution < -0.4 is 0 Å². The molecule has 0 atom stereocenters. The van der Waals surface area contributed by atoms with E-state index in [4.69, 9.17) is 11.6 Å². The monoisotopic (exact) mass is 396 g/mol. The number of hydrogen-bond acceptors (Lipinski definition) is 6. The Kier molecular flexibility index (Phi) is 3.87. The maximum Gasteiger partial charge on any atom is 0.254 e. The van der Waals surface area contributed by atoms with Crippen LogP contribution in [0.5, 0.6) is 0 Å². The SMILES string of the molecule is O=C(c1ccc(Cl)cc1)N1CCn2c(nnc2-c2nc3cccnc3s2)C1. The third kappa shape index (κ3) is 2.87. The van der Waals surface area contributed by atoms with Gasteiger partial charge in [0.15, 0.2) is 16.7 Å². The molecule has 134 valence electrons. The summed E-state index contributed by atoms with van der Waals surface area (Å²) in [4.78, 5) is 24.3. The second-order valence-corrected chi connectivity index (χ2v) is 7.59. The van der Waals surface area contributed by atoms with Crippen LogP contribution in [0.3, 0.4) is 0 Å². The van der Waals surface area contributed by atoms with Gasteiger partial charge < -0.3 is 9.47 Å². The smallest absolute Gasteiger partial charge is 0.254 e. The van der Waals surface area contributed by atoms with Crippen molar-refractivity contribution in [1.82, 2.24) is 29.6 Å². The van der Waals surface area contributed by atoms with E-state index in [0.29, 0.717) is 30.2 Å². The maximum absolute atomic E-state index is 12.7. The Morgan fingerprint density at radius 2 is 1.96 bits per heavy atom. The van der Waals surface area contributed by atoms with Crippen LogP contribution >= 0.6 is 22.9 Å². The first kappa shape index (κ1) is 16.3. The van der Waals surface area contributed by atoms with Crippen LogP contribution in [0.1, 0.15) is 16.2 Å². The topological polar surface area (TPSA) is 76.8 Å². The molecule has 0 fully saturated rings. The van der Waals surface area contributed by atoms with Crippen molar-refractivity contribution >= 4 is 39.2 Å². The first-order chi connectivity index (χ1) is 13.2. The first-order valence-corrected chi connectivity index (χ1v) is 9.57. The predicted molar refractivity (Wildman–Crippen MR) is 103 cm³/mol. The van der Waals surface area contributed by atoms with E-state index in [1.807, 2.05) is 16.7 Å². The molecule has 0 bridgehead atoms. The zero-order chi connectivity index (χ0) is 18.4. The van der Waals surface area contributed by atoms with Gasteiger partial charge in [-0.3, -0.25) is 4.79 Å². The number of thiazole rings is 1. The number of aromatic nitrogens is 5. The number of halogens is 1. The number of amides is 1. The van der Waals surface area contributed by atoms with Gasteiger partial charge in [-0.1, -0.05) is 22.9 Å². The lowest BCUT2D eigenvalue weighted by Gasteiger charge is -2.27. The summed E-state index contributed by atoms with van der Waals surface area (Å²) in [6.07, 6.45) is 1.75. The second-order valence-electron chi connectivity index (χ2n) is 6.17. The normalized spacial score (nSPS) is 13.7. The fraction of sp³-hybridized carbons (Fsp3) is 0.167. The molecule has 1 aliphatic rings. The van der Waals surface area contributed by atoms with Crippen molar-refractivity contribution in [1.29, 1.82) is 0 Å². The van der Waals surface area contributed by atoms with E-state index in [9.17, 15) is 4.79 Å². The standard InChI is InChI=1S/C18H13ClN6OS/c19-12-5-3-11(4-6-12)18(26)24-8-9-25-14(10-24)22-23-15(25)17-21-13-2-1-7-20-16(13)27-17/h1-7H,8-10H2. The number of pyridine rings is 1.